The van der Waals surface area contributed by atoms with Crippen LogP contribution in [0.15, 0.2) is 29.2 Å². The van der Waals surface area contributed by atoms with Gasteiger partial charge in [-0.05, 0) is 30.5 Å². The largest absolute Gasteiger partial charge is 0.353 e. The Morgan fingerprint density at radius 2 is 1.71 bits per heavy atom. The van der Waals surface area contributed by atoms with Crippen LogP contribution in [0.25, 0.3) is 0 Å². The van der Waals surface area contributed by atoms with Gasteiger partial charge in [0.1, 0.15) is 0 Å². The van der Waals surface area contributed by atoms with Crippen molar-refractivity contribution in [2.75, 3.05) is 5.75 Å². The number of benzene rings is 1. The zero-order valence-corrected chi connectivity index (χ0v) is 14.6. The summed E-state index contributed by atoms with van der Waals surface area (Å²) in [4.78, 5) is 13.0. The van der Waals surface area contributed by atoms with Gasteiger partial charge in [0.25, 0.3) is 0 Å². The van der Waals surface area contributed by atoms with Gasteiger partial charge in [-0.25, -0.2) is 0 Å². The summed E-state index contributed by atoms with van der Waals surface area (Å²) in [5.41, 5.74) is 1.27. The van der Waals surface area contributed by atoms with Crippen LogP contribution < -0.4 is 10.6 Å². The first kappa shape index (κ1) is 18.1. The SMILES string of the molecule is CC(C)NCc1ccc(SCC(=O)NC(C)C(C)C)cc1. The Morgan fingerprint density at radius 1 is 1.10 bits per heavy atom. The van der Waals surface area contributed by atoms with Crippen molar-refractivity contribution in [2.24, 2.45) is 5.92 Å². The van der Waals surface area contributed by atoms with E-state index in [1.165, 1.54) is 5.56 Å². The molecule has 118 valence electrons. The van der Waals surface area contributed by atoms with E-state index in [1.807, 2.05) is 6.92 Å². The summed E-state index contributed by atoms with van der Waals surface area (Å²) in [6, 6.07) is 9.12. The molecule has 0 radical (unpaired) electrons. The van der Waals surface area contributed by atoms with Crippen LogP contribution in [0.2, 0.25) is 0 Å². The fourth-order valence-corrected chi connectivity index (χ4v) is 2.35. The van der Waals surface area contributed by atoms with E-state index in [0.29, 0.717) is 17.7 Å². The van der Waals surface area contributed by atoms with Crippen LogP contribution in [-0.2, 0) is 11.3 Å². The van der Waals surface area contributed by atoms with Gasteiger partial charge in [-0.3, -0.25) is 4.79 Å². The molecule has 1 unspecified atom stereocenters. The molecule has 0 heterocycles. The molecule has 1 rings (SSSR count). The van der Waals surface area contributed by atoms with E-state index in [4.69, 9.17) is 0 Å². The normalized spacial score (nSPS) is 12.7. The van der Waals surface area contributed by atoms with E-state index in [9.17, 15) is 4.79 Å². The van der Waals surface area contributed by atoms with Crippen LogP contribution >= 0.6 is 11.8 Å². The summed E-state index contributed by atoms with van der Waals surface area (Å²) in [6.07, 6.45) is 0. The molecule has 0 saturated carbocycles. The van der Waals surface area contributed by atoms with E-state index in [-0.39, 0.29) is 11.9 Å². The number of amides is 1. The van der Waals surface area contributed by atoms with Crippen LogP contribution in [0.4, 0.5) is 0 Å². The molecular weight excluding hydrogens is 280 g/mol. The minimum Gasteiger partial charge on any atom is -0.353 e. The molecule has 2 N–H and O–H groups in total. The summed E-state index contributed by atoms with van der Waals surface area (Å²) in [6.45, 7) is 11.4. The lowest BCUT2D eigenvalue weighted by Gasteiger charge is -2.17. The molecule has 1 aromatic rings. The first-order valence-electron chi connectivity index (χ1n) is 7.63. The van der Waals surface area contributed by atoms with Crippen LogP contribution in [0.1, 0.15) is 40.2 Å². The fraction of sp³-hybridized carbons (Fsp3) is 0.588. The Hall–Kier alpha value is -1.00. The predicted molar refractivity (Wildman–Crippen MR) is 91.6 cm³/mol. The highest BCUT2D eigenvalue weighted by atomic mass is 32.2. The molecule has 0 aromatic heterocycles. The zero-order valence-electron chi connectivity index (χ0n) is 13.8. The topological polar surface area (TPSA) is 41.1 Å². The summed E-state index contributed by atoms with van der Waals surface area (Å²) >= 11 is 1.58. The van der Waals surface area contributed by atoms with E-state index in [2.05, 4.69) is 62.6 Å². The van der Waals surface area contributed by atoms with Crippen molar-refractivity contribution >= 4 is 17.7 Å². The van der Waals surface area contributed by atoms with E-state index in [0.717, 1.165) is 11.4 Å². The third-order valence-electron chi connectivity index (χ3n) is 3.40. The van der Waals surface area contributed by atoms with E-state index < -0.39 is 0 Å². The zero-order chi connectivity index (χ0) is 15.8. The van der Waals surface area contributed by atoms with Crippen molar-refractivity contribution in [3.63, 3.8) is 0 Å². The molecule has 1 amide bonds. The van der Waals surface area contributed by atoms with Gasteiger partial charge in [0, 0.05) is 23.5 Å². The molecule has 4 heteroatoms. The maximum absolute atomic E-state index is 11.8. The lowest BCUT2D eigenvalue weighted by molar-refractivity contribution is -0.119. The van der Waals surface area contributed by atoms with Gasteiger partial charge in [-0.1, -0.05) is 39.8 Å². The predicted octanol–water partition coefficient (Wildman–Crippen LogP) is 3.44. The molecular formula is C17H28N2OS. The van der Waals surface area contributed by atoms with Crippen LogP contribution in [0, 0.1) is 5.92 Å². The highest BCUT2D eigenvalue weighted by Gasteiger charge is 2.10. The van der Waals surface area contributed by atoms with Crippen molar-refractivity contribution in [2.45, 2.75) is 58.1 Å². The highest BCUT2D eigenvalue weighted by molar-refractivity contribution is 8.00. The number of thioether (sulfide) groups is 1. The number of carbonyl (C=O) groups is 1. The molecule has 0 bridgehead atoms. The van der Waals surface area contributed by atoms with Crippen molar-refractivity contribution in [3.8, 4) is 0 Å². The lowest BCUT2D eigenvalue weighted by Crippen LogP contribution is -2.37. The van der Waals surface area contributed by atoms with Crippen molar-refractivity contribution in [3.05, 3.63) is 29.8 Å². The fourth-order valence-electron chi connectivity index (χ4n) is 1.64. The summed E-state index contributed by atoms with van der Waals surface area (Å²) in [5.74, 6) is 1.04. The molecule has 0 spiro atoms. The van der Waals surface area contributed by atoms with Gasteiger partial charge in [-0.15, -0.1) is 11.8 Å². The molecule has 0 aliphatic rings. The van der Waals surface area contributed by atoms with E-state index in [1.54, 1.807) is 11.8 Å². The molecule has 3 nitrogen and oxygen atoms in total. The maximum atomic E-state index is 11.8. The third kappa shape index (κ3) is 7.53. The smallest absolute Gasteiger partial charge is 0.230 e. The van der Waals surface area contributed by atoms with Crippen LogP contribution in [0.3, 0.4) is 0 Å². The number of nitrogens with one attached hydrogen (secondary N) is 2. The van der Waals surface area contributed by atoms with Gasteiger partial charge in [0.15, 0.2) is 0 Å². The molecule has 1 atom stereocenters. The maximum Gasteiger partial charge on any atom is 0.230 e. The molecule has 0 saturated heterocycles. The van der Waals surface area contributed by atoms with Gasteiger partial charge >= 0.3 is 0 Å². The number of rotatable bonds is 8. The highest BCUT2D eigenvalue weighted by Crippen LogP contribution is 2.18. The first-order chi connectivity index (χ1) is 9.88. The molecule has 1 aromatic carbocycles. The number of hydrogen-bond acceptors (Lipinski definition) is 3. The second kappa shape index (κ2) is 9.11. The third-order valence-corrected chi connectivity index (χ3v) is 4.41. The van der Waals surface area contributed by atoms with Crippen LogP contribution in [0.5, 0.6) is 0 Å². The van der Waals surface area contributed by atoms with Gasteiger partial charge < -0.3 is 10.6 Å². The minimum atomic E-state index is 0.103. The van der Waals surface area contributed by atoms with Gasteiger partial charge in [0.05, 0.1) is 5.75 Å². The average molecular weight is 308 g/mol. The summed E-state index contributed by atoms with van der Waals surface area (Å²) in [5, 5.41) is 6.42. The minimum absolute atomic E-state index is 0.103. The second-order valence-electron chi connectivity index (χ2n) is 6.07. The van der Waals surface area contributed by atoms with E-state index >= 15 is 0 Å². The molecule has 0 aliphatic carbocycles. The second-order valence-corrected chi connectivity index (χ2v) is 7.12. The summed E-state index contributed by atoms with van der Waals surface area (Å²) < 4.78 is 0. The molecule has 21 heavy (non-hydrogen) atoms. The van der Waals surface area contributed by atoms with Crippen molar-refractivity contribution in [1.82, 2.24) is 10.6 Å². The number of carbonyl (C=O) groups excluding carboxylic acids is 1. The first-order valence-corrected chi connectivity index (χ1v) is 8.61. The van der Waals surface area contributed by atoms with Gasteiger partial charge in [-0.2, -0.15) is 0 Å². The lowest BCUT2D eigenvalue weighted by atomic mass is 10.1. The average Bonchev–Trinajstić information content (AvgIpc) is 2.43. The summed E-state index contributed by atoms with van der Waals surface area (Å²) in [7, 11) is 0. The molecule has 0 aliphatic heterocycles. The van der Waals surface area contributed by atoms with Crippen molar-refractivity contribution in [1.29, 1.82) is 0 Å². The Labute approximate surface area is 133 Å². The van der Waals surface area contributed by atoms with Crippen LogP contribution in [-0.4, -0.2) is 23.7 Å². The van der Waals surface area contributed by atoms with Gasteiger partial charge in [0.2, 0.25) is 5.91 Å². The Morgan fingerprint density at radius 3 is 2.24 bits per heavy atom. The quantitative estimate of drug-likeness (QED) is 0.723. The number of hydrogen-bond donors (Lipinski definition) is 2. The monoisotopic (exact) mass is 308 g/mol. The van der Waals surface area contributed by atoms with Crippen molar-refractivity contribution < 1.29 is 4.79 Å². The molecule has 0 fully saturated rings. The standard InChI is InChI=1S/C17H28N2OS/c1-12(2)14(5)19-17(20)11-21-16-8-6-15(7-9-16)10-18-13(3)4/h6-9,12-14,18H,10-11H2,1-5H3,(H,19,20). The Bertz CT molecular complexity index is 429. The Kier molecular flexibility index (Phi) is 7.83. The Balaban J connectivity index is 2.37.